The van der Waals surface area contributed by atoms with Crippen molar-refractivity contribution >= 4 is 22.6 Å². The number of rotatable bonds is 5. The van der Waals surface area contributed by atoms with E-state index in [0.29, 0.717) is 6.42 Å². The van der Waals surface area contributed by atoms with Crippen LogP contribution in [0.2, 0.25) is 0 Å². The zero-order valence-electron chi connectivity index (χ0n) is 17.3. The lowest BCUT2D eigenvalue weighted by Crippen LogP contribution is -2.59. The van der Waals surface area contributed by atoms with E-state index in [1.165, 1.54) is 0 Å². The van der Waals surface area contributed by atoms with E-state index < -0.39 is 30.9 Å². The number of halogens is 1. The van der Waals surface area contributed by atoms with Gasteiger partial charge in [0.2, 0.25) is 0 Å². The molecule has 2 aliphatic rings. The van der Waals surface area contributed by atoms with Crippen molar-refractivity contribution in [1.82, 2.24) is 4.98 Å². The highest BCUT2D eigenvalue weighted by atomic mass is 127. The molecule has 1 aromatic heterocycles. The van der Waals surface area contributed by atoms with Crippen LogP contribution in [0.15, 0.2) is 79.0 Å². The van der Waals surface area contributed by atoms with Crippen molar-refractivity contribution in [3.63, 3.8) is 0 Å². The second-order valence-electron chi connectivity index (χ2n) is 7.89. The van der Waals surface area contributed by atoms with Gasteiger partial charge in [-0.15, -0.1) is 0 Å². The molecule has 0 spiro atoms. The molecule has 3 aromatic rings. The van der Waals surface area contributed by atoms with Gasteiger partial charge in [-0.1, -0.05) is 60.7 Å². The molecule has 6 nitrogen and oxygen atoms in total. The molecule has 2 fully saturated rings. The first-order valence-electron chi connectivity index (χ1n) is 10.6. The fourth-order valence-corrected chi connectivity index (χ4v) is 4.47. The molecule has 2 aromatic carbocycles. The number of ether oxygens (including phenoxy) is 4. The predicted octanol–water partition coefficient (Wildman–Crippen LogP) is 4.19. The van der Waals surface area contributed by atoms with Gasteiger partial charge in [-0.3, -0.25) is 4.98 Å². The van der Waals surface area contributed by atoms with Crippen LogP contribution in [-0.4, -0.2) is 41.1 Å². The van der Waals surface area contributed by atoms with E-state index in [1.807, 2.05) is 79.0 Å². The molecule has 32 heavy (non-hydrogen) atoms. The Bertz CT molecular complexity index is 1000. The lowest BCUT2D eigenvalue weighted by Gasteiger charge is -2.49. The molecule has 0 saturated carbocycles. The summed E-state index contributed by atoms with van der Waals surface area (Å²) in [7, 11) is 0. The minimum absolute atomic E-state index is 0.177. The first kappa shape index (κ1) is 21.9. The van der Waals surface area contributed by atoms with Crippen molar-refractivity contribution in [1.29, 1.82) is 0 Å². The number of benzene rings is 2. The van der Waals surface area contributed by atoms with Crippen LogP contribution in [0.4, 0.5) is 0 Å². The fraction of sp³-hybridized carbons (Fsp3) is 0.320. The van der Waals surface area contributed by atoms with Crippen molar-refractivity contribution < 1.29 is 24.1 Å². The van der Waals surface area contributed by atoms with Gasteiger partial charge in [0.05, 0.1) is 12.7 Å². The lowest BCUT2D eigenvalue weighted by atomic mass is 9.95. The van der Waals surface area contributed by atoms with Crippen LogP contribution in [0.5, 0.6) is 0 Å². The fourth-order valence-electron chi connectivity index (χ4n) is 4.15. The summed E-state index contributed by atoms with van der Waals surface area (Å²) in [5.74, 6) is 0. The standard InChI is InChI=1S/C25H24INO5/c26-18-11-12-19(27-14-18)13-20-22-23(32-24(29-20)16-7-3-1-4-8-16)21(15-28)30-25(31-22)17-9-5-2-6-10-17/h1-12,14,20-25,28H,13,15H2. The Hall–Kier alpha value is -1.88. The molecule has 6 unspecified atom stereocenters. The maximum absolute atomic E-state index is 10.1. The number of fused-ring (bicyclic) bond motifs is 1. The van der Waals surface area contributed by atoms with Gasteiger partial charge in [-0.25, -0.2) is 0 Å². The van der Waals surface area contributed by atoms with Crippen LogP contribution in [0.1, 0.15) is 29.4 Å². The van der Waals surface area contributed by atoms with Crippen LogP contribution in [0.3, 0.4) is 0 Å². The maximum atomic E-state index is 10.1. The van der Waals surface area contributed by atoms with E-state index in [2.05, 4.69) is 27.6 Å². The monoisotopic (exact) mass is 545 g/mol. The minimum atomic E-state index is -0.609. The van der Waals surface area contributed by atoms with Crippen LogP contribution in [-0.2, 0) is 25.4 Å². The van der Waals surface area contributed by atoms with Gasteiger partial charge in [0.1, 0.15) is 18.3 Å². The molecule has 2 aliphatic heterocycles. The summed E-state index contributed by atoms with van der Waals surface area (Å²) in [5.41, 5.74) is 2.71. The minimum Gasteiger partial charge on any atom is -0.394 e. The van der Waals surface area contributed by atoms with Gasteiger partial charge in [0.25, 0.3) is 0 Å². The average Bonchev–Trinajstić information content (AvgIpc) is 2.86. The highest BCUT2D eigenvalue weighted by Gasteiger charge is 2.50. The molecule has 0 bridgehead atoms. The van der Waals surface area contributed by atoms with Crippen molar-refractivity contribution in [2.24, 2.45) is 0 Å². The van der Waals surface area contributed by atoms with Gasteiger partial charge < -0.3 is 24.1 Å². The van der Waals surface area contributed by atoms with E-state index >= 15 is 0 Å². The largest absolute Gasteiger partial charge is 0.394 e. The molecule has 0 aliphatic carbocycles. The number of aromatic nitrogens is 1. The first-order valence-corrected chi connectivity index (χ1v) is 11.7. The van der Waals surface area contributed by atoms with Crippen LogP contribution in [0, 0.1) is 3.57 Å². The van der Waals surface area contributed by atoms with Gasteiger partial charge in [-0.05, 0) is 34.7 Å². The van der Waals surface area contributed by atoms with Gasteiger partial charge in [-0.2, -0.15) is 0 Å². The van der Waals surface area contributed by atoms with E-state index in [4.69, 9.17) is 18.9 Å². The molecule has 5 rings (SSSR count). The second kappa shape index (κ2) is 9.94. The molecule has 2 saturated heterocycles. The van der Waals surface area contributed by atoms with Crippen molar-refractivity contribution in [2.45, 2.75) is 43.4 Å². The number of hydrogen-bond donors (Lipinski definition) is 1. The Morgan fingerprint density at radius 3 is 1.81 bits per heavy atom. The third kappa shape index (κ3) is 4.73. The summed E-state index contributed by atoms with van der Waals surface area (Å²) in [6.45, 7) is -0.177. The molecular formula is C25H24INO5. The molecule has 6 atom stereocenters. The molecule has 0 amide bonds. The Kier molecular flexibility index (Phi) is 6.82. The maximum Gasteiger partial charge on any atom is 0.184 e. The summed E-state index contributed by atoms with van der Waals surface area (Å²) < 4.78 is 26.3. The zero-order valence-corrected chi connectivity index (χ0v) is 19.4. The Balaban J connectivity index is 1.46. The van der Waals surface area contributed by atoms with Crippen molar-refractivity contribution in [3.8, 4) is 0 Å². The summed E-state index contributed by atoms with van der Waals surface area (Å²) in [4.78, 5) is 4.56. The predicted molar refractivity (Wildman–Crippen MR) is 126 cm³/mol. The lowest BCUT2D eigenvalue weighted by molar-refractivity contribution is -0.384. The van der Waals surface area contributed by atoms with Crippen molar-refractivity contribution in [2.75, 3.05) is 6.61 Å². The van der Waals surface area contributed by atoms with Crippen molar-refractivity contribution in [3.05, 3.63) is 99.4 Å². The number of aliphatic hydroxyl groups is 1. The summed E-state index contributed by atoms with van der Waals surface area (Å²) in [6.07, 6.45) is -0.556. The summed E-state index contributed by atoms with van der Waals surface area (Å²) in [6, 6.07) is 23.6. The number of hydrogen-bond acceptors (Lipinski definition) is 6. The molecule has 166 valence electrons. The number of pyridine rings is 1. The third-order valence-corrected chi connectivity index (χ3v) is 6.38. The van der Waals surface area contributed by atoms with E-state index in [0.717, 1.165) is 20.4 Å². The smallest absolute Gasteiger partial charge is 0.184 e. The molecular weight excluding hydrogens is 521 g/mol. The number of nitrogens with zero attached hydrogens (tertiary/aromatic N) is 1. The SMILES string of the molecule is OCC1OC(c2ccccc2)OC2C(Cc3ccc(I)cn3)OC(c3ccccc3)OC12. The highest BCUT2D eigenvalue weighted by Crippen LogP contribution is 2.41. The zero-order chi connectivity index (χ0) is 21.9. The Labute approximate surface area is 200 Å². The molecule has 1 N–H and O–H groups in total. The topological polar surface area (TPSA) is 70.0 Å². The molecule has 3 heterocycles. The normalized spacial score (nSPS) is 29.9. The second-order valence-corrected chi connectivity index (χ2v) is 9.14. The van der Waals surface area contributed by atoms with Crippen LogP contribution in [0.25, 0.3) is 0 Å². The highest BCUT2D eigenvalue weighted by molar-refractivity contribution is 14.1. The van der Waals surface area contributed by atoms with Gasteiger partial charge in [0.15, 0.2) is 12.6 Å². The van der Waals surface area contributed by atoms with Crippen LogP contribution >= 0.6 is 22.6 Å². The van der Waals surface area contributed by atoms with Gasteiger partial charge >= 0.3 is 0 Å². The van der Waals surface area contributed by atoms with E-state index in [1.54, 1.807) is 0 Å². The summed E-state index contributed by atoms with van der Waals surface area (Å²) >= 11 is 2.24. The third-order valence-electron chi connectivity index (χ3n) is 5.74. The Morgan fingerprint density at radius 2 is 1.28 bits per heavy atom. The first-order chi connectivity index (χ1) is 15.7. The average molecular weight is 545 g/mol. The van der Waals surface area contributed by atoms with Crippen LogP contribution < -0.4 is 0 Å². The van der Waals surface area contributed by atoms with Gasteiger partial charge in [0, 0.05) is 33.0 Å². The summed E-state index contributed by atoms with van der Waals surface area (Å²) in [5, 5.41) is 10.1. The van der Waals surface area contributed by atoms with E-state index in [-0.39, 0.29) is 12.7 Å². The molecule has 0 radical (unpaired) electrons. The quantitative estimate of drug-likeness (QED) is 0.486. The number of aliphatic hydroxyl groups excluding tert-OH is 1. The Morgan fingerprint density at radius 1 is 0.719 bits per heavy atom. The van der Waals surface area contributed by atoms with E-state index in [9.17, 15) is 5.11 Å². The molecule has 7 heteroatoms.